The summed E-state index contributed by atoms with van der Waals surface area (Å²) in [5.41, 5.74) is 0.301. The highest BCUT2D eigenvalue weighted by Gasteiger charge is 2.14. The molecule has 0 heterocycles. The Labute approximate surface area is 188 Å². The summed E-state index contributed by atoms with van der Waals surface area (Å²) in [6.45, 7) is 7.74. The third-order valence-corrected chi connectivity index (χ3v) is 5.73. The third-order valence-electron chi connectivity index (χ3n) is 5.73. The van der Waals surface area contributed by atoms with Crippen LogP contribution < -0.4 is 5.32 Å². The lowest BCUT2D eigenvalue weighted by atomic mass is 9.92. The van der Waals surface area contributed by atoms with Crippen LogP contribution in [0.2, 0.25) is 0 Å². The summed E-state index contributed by atoms with van der Waals surface area (Å²) in [4.78, 5) is 22.4. The number of carbonyl (C=O) groups is 1. The van der Waals surface area contributed by atoms with Gasteiger partial charge in [-0.25, -0.2) is 4.79 Å². The van der Waals surface area contributed by atoms with Gasteiger partial charge in [0.2, 0.25) is 0 Å². The molecular weight excluding hydrogens is 392 g/mol. The van der Waals surface area contributed by atoms with Crippen LogP contribution in [0.15, 0.2) is 24.3 Å². The Hall–Kier alpha value is -1.95. The van der Waals surface area contributed by atoms with E-state index in [-0.39, 0.29) is 5.69 Å². The van der Waals surface area contributed by atoms with Gasteiger partial charge in [0.25, 0.3) is 5.69 Å². The summed E-state index contributed by atoms with van der Waals surface area (Å²) in [6, 6.07) is 5.97. The molecule has 6 heteroatoms. The molecule has 0 unspecified atom stereocenters. The Balaban J connectivity index is 2.39. The Kier molecular flexibility index (Phi) is 14.6. The van der Waals surface area contributed by atoms with Gasteiger partial charge in [-0.2, -0.15) is 0 Å². The minimum absolute atomic E-state index is 0.0343. The zero-order valence-corrected chi connectivity index (χ0v) is 19.7. The lowest BCUT2D eigenvalue weighted by Crippen LogP contribution is -2.34. The quantitative estimate of drug-likeness (QED) is 0.121. The zero-order chi connectivity index (χ0) is 22.9. The second kappa shape index (κ2) is 16.7. The van der Waals surface area contributed by atoms with E-state index >= 15 is 0 Å². The van der Waals surface area contributed by atoms with Crippen molar-refractivity contribution in [3.05, 3.63) is 39.9 Å². The first-order chi connectivity index (χ1) is 15.0. The highest BCUT2D eigenvalue weighted by molar-refractivity contribution is 5.89. The van der Waals surface area contributed by atoms with Gasteiger partial charge in [0, 0.05) is 24.7 Å². The molecule has 1 aromatic carbocycles. The molecule has 0 aliphatic carbocycles. The van der Waals surface area contributed by atoms with Crippen LogP contribution in [0.5, 0.6) is 0 Å². The van der Waals surface area contributed by atoms with Crippen molar-refractivity contribution >= 4 is 11.7 Å². The van der Waals surface area contributed by atoms with Crippen LogP contribution in [0, 0.1) is 16.0 Å². The van der Waals surface area contributed by atoms with Crippen molar-refractivity contribution in [2.75, 3.05) is 13.2 Å². The maximum Gasteiger partial charge on any atom is 0.338 e. The predicted molar refractivity (Wildman–Crippen MR) is 126 cm³/mol. The smallest absolute Gasteiger partial charge is 0.338 e. The molecule has 1 rings (SSSR count). The number of nitro benzene ring substituents is 1. The van der Waals surface area contributed by atoms with E-state index in [9.17, 15) is 14.9 Å². The highest BCUT2D eigenvalue weighted by Crippen LogP contribution is 2.19. The number of hydrogen-bond acceptors (Lipinski definition) is 5. The van der Waals surface area contributed by atoms with Gasteiger partial charge in [-0.3, -0.25) is 10.1 Å². The van der Waals surface area contributed by atoms with E-state index in [1.807, 2.05) is 0 Å². The van der Waals surface area contributed by atoms with Crippen LogP contribution in [0.25, 0.3) is 0 Å². The third kappa shape index (κ3) is 12.5. The summed E-state index contributed by atoms with van der Waals surface area (Å²) in [6.07, 6.45) is 13.9. The van der Waals surface area contributed by atoms with Gasteiger partial charge in [-0.05, 0) is 30.9 Å². The second-order valence-corrected chi connectivity index (χ2v) is 8.63. The molecule has 1 N–H and O–H groups in total. The van der Waals surface area contributed by atoms with Crippen molar-refractivity contribution in [2.24, 2.45) is 5.92 Å². The number of benzene rings is 1. The van der Waals surface area contributed by atoms with E-state index in [0.29, 0.717) is 30.7 Å². The molecule has 0 aromatic heterocycles. The standard InChI is InChI=1S/C25H42N2O4/c1-4-6-8-10-12-21(3)20-23(13-11-9-7-5-2)26-18-19-31-25(28)22-14-16-24(17-15-22)27(29)30/h14-17,21,23,26H,4-13,18-20H2,1-3H3/t21-,23+/m0/s1. The molecule has 1 aromatic rings. The van der Waals surface area contributed by atoms with Crippen molar-refractivity contribution in [3.63, 3.8) is 0 Å². The molecule has 6 nitrogen and oxygen atoms in total. The van der Waals surface area contributed by atoms with Crippen LogP contribution in [-0.4, -0.2) is 30.1 Å². The number of unbranched alkanes of at least 4 members (excludes halogenated alkanes) is 6. The topological polar surface area (TPSA) is 81.5 Å². The van der Waals surface area contributed by atoms with Crippen LogP contribution in [0.1, 0.15) is 102 Å². The molecule has 0 aliphatic rings. The molecule has 2 atom stereocenters. The van der Waals surface area contributed by atoms with Crippen LogP contribution >= 0.6 is 0 Å². The van der Waals surface area contributed by atoms with Gasteiger partial charge in [0.15, 0.2) is 0 Å². The minimum Gasteiger partial charge on any atom is -0.461 e. The number of carbonyl (C=O) groups excluding carboxylic acids is 1. The van der Waals surface area contributed by atoms with E-state index in [2.05, 4.69) is 26.1 Å². The van der Waals surface area contributed by atoms with Gasteiger partial charge < -0.3 is 10.1 Å². The monoisotopic (exact) mass is 434 g/mol. The van der Waals surface area contributed by atoms with Crippen molar-refractivity contribution < 1.29 is 14.5 Å². The lowest BCUT2D eigenvalue weighted by molar-refractivity contribution is -0.384. The molecule has 0 aliphatic heterocycles. The SMILES string of the molecule is CCCCCC[C@H](C)C[C@@H](CCCCCC)NCCOC(=O)c1ccc([N+](=O)[O-])cc1. The number of rotatable bonds is 18. The van der Waals surface area contributed by atoms with Crippen LogP contribution in [0.3, 0.4) is 0 Å². The molecule has 0 fully saturated rings. The molecule has 0 bridgehead atoms. The summed E-state index contributed by atoms with van der Waals surface area (Å²) >= 11 is 0. The highest BCUT2D eigenvalue weighted by atomic mass is 16.6. The van der Waals surface area contributed by atoms with Gasteiger partial charge in [-0.1, -0.05) is 78.6 Å². The molecule has 0 saturated carbocycles. The second-order valence-electron chi connectivity index (χ2n) is 8.63. The molecule has 0 saturated heterocycles. The first kappa shape index (κ1) is 27.1. The first-order valence-electron chi connectivity index (χ1n) is 12.1. The fraction of sp³-hybridized carbons (Fsp3) is 0.720. The molecule has 176 valence electrons. The number of nitro groups is 1. The van der Waals surface area contributed by atoms with Crippen molar-refractivity contribution in [2.45, 2.75) is 97.4 Å². The number of esters is 1. The molecule has 0 radical (unpaired) electrons. The molecule has 31 heavy (non-hydrogen) atoms. The number of hydrogen-bond donors (Lipinski definition) is 1. The largest absolute Gasteiger partial charge is 0.461 e. The van der Waals surface area contributed by atoms with Crippen LogP contribution in [0.4, 0.5) is 5.69 Å². The average Bonchev–Trinajstić information content (AvgIpc) is 2.76. The summed E-state index contributed by atoms with van der Waals surface area (Å²) in [5.74, 6) is 0.253. The summed E-state index contributed by atoms with van der Waals surface area (Å²) < 4.78 is 5.35. The van der Waals surface area contributed by atoms with E-state index in [1.165, 1.54) is 82.1 Å². The number of nitrogens with zero attached hydrogens (tertiary/aromatic N) is 1. The molecule has 0 spiro atoms. The zero-order valence-electron chi connectivity index (χ0n) is 19.7. The molecule has 0 amide bonds. The lowest BCUT2D eigenvalue weighted by Gasteiger charge is -2.22. The van der Waals surface area contributed by atoms with Crippen molar-refractivity contribution in [3.8, 4) is 0 Å². The Morgan fingerprint density at radius 3 is 2.19 bits per heavy atom. The Bertz CT molecular complexity index is 618. The van der Waals surface area contributed by atoms with Crippen molar-refractivity contribution in [1.29, 1.82) is 0 Å². The van der Waals surface area contributed by atoms with Crippen molar-refractivity contribution in [1.82, 2.24) is 5.32 Å². The average molecular weight is 435 g/mol. The van der Waals surface area contributed by atoms with E-state index in [0.717, 1.165) is 12.8 Å². The van der Waals surface area contributed by atoms with E-state index < -0.39 is 10.9 Å². The van der Waals surface area contributed by atoms with Gasteiger partial charge in [0.1, 0.15) is 6.61 Å². The van der Waals surface area contributed by atoms with Gasteiger partial charge in [-0.15, -0.1) is 0 Å². The maximum absolute atomic E-state index is 12.1. The van der Waals surface area contributed by atoms with Crippen LogP contribution in [-0.2, 0) is 4.74 Å². The number of non-ortho nitro benzene ring substituents is 1. The number of ether oxygens (including phenoxy) is 1. The van der Waals surface area contributed by atoms with Gasteiger partial charge in [0.05, 0.1) is 10.5 Å². The minimum atomic E-state index is -0.482. The van der Waals surface area contributed by atoms with E-state index in [4.69, 9.17) is 4.74 Å². The Morgan fingerprint density at radius 2 is 1.61 bits per heavy atom. The summed E-state index contributed by atoms with van der Waals surface area (Å²) in [5, 5.41) is 14.3. The molecular formula is C25H42N2O4. The summed E-state index contributed by atoms with van der Waals surface area (Å²) in [7, 11) is 0. The van der Waals surface area contributed by atoms with Gasteiger partial charge >= 0.3 is 5.97 Å². The Morgan fingerprint density at radius 1 is 1.00 bits per heavy atom. The predicted octanol–water partition coefficient (Wildman–Crippen LogP) is 6.68. The normalized spacial score (nSPS) is 13.0. The number of nitrogens with one attached hydrogen (secondary N) is 1. The first-order valence-corrected chi connectivity index (χ1v) is 12.1. The fourth-order valence-electron chi connectivity index (χ4n) is 3.85. The fourth-order valence-corrected chi connectivity index (χ4v) is 3.85. The maximum atomic E-state index is 12.1. The van der Waals surface area contributed by atoms with E-state index in [1.54, 1.807) is 0 Å².